The first-order chi connectivity index (χ1) is 11.3. The lowest BCUT2D eigenvalue weighted by Crippen LogP contribution is -2.48. The highest BCUT2D eigenvalue weighted by molar-refractivity contribution is 5.91. The molecule has 0 bridgehead atoms. The summed E-state index contributed by atoms with van der Waals surface area (Å²) in [4.78, 5) is 23.9. The summed E-state index contributed by atoms with van der Waals surface area (Å²) in [7, 11) is 3.05. The van der Waals surface area contributed by atoms with Gasteiger partial charge < -0.3 is 19.9 Å². The van der Waals surface area contributed by atoms with Crippen molar-refractivity contribution in [2.75, 3.05) is 14.2 Å². The van der Waals surface area contributed by atoms with E-state index in [2.05, 4.69) is 11.9 Å². The number of carboxylic acid groups (broad SMARTS) is 1. The Hall–Kier alpha value is -2.50. The molecule has 24 heavy (non-hydrogen) atoms. The Balaban J connectivity index is 3.02. The van der Waals surface area contributed by atoms with Gasteiger partial charge in [0.15, 0.2) is 11.5 Å². The fourth-order valence-electron chi connectivity index (χ4n) is 2.24. The van der Waals surface area contributed by atoms with Crippen molar-refractivity contribution in [3.63, 3.8) is 0 Å². The van der Waals surface area contributed by atoms with Crippen molar-refractivity contribution in [2.45, 2.75) is 38.1 Å². The average molecular weight is 335 g/mol. The molecule has 0 spiro atoms. The van der Waals surface area contributed by atoms with Crippen LogP contribution in [0.25, 0.3) is 0 Å². The SMILES string of the molecule is C=CCCC(NC(=O)C(C)(C)c1ccc(OC)c(OC)c1)C(=O)O. The van der Waals surface area contributed by atoms with E-state index in [0.717, 1.165) is 0 Å². The van der Waals surface area contributed by atoms with Crippen LogP contribution in [0.4, 0.5) is 0 Å². The molecular formula is C18H25NO5. The Morgan fingerprint density at radius 3 is 2.42 bits per heavy atom. The molecule has 1 unspecified atom stereocenters. The maximum atomic E-state index is 12.6. The molecule has 0 saturated heterocycles. The maximum absolute atomic E-state index is 12.6. The van der Waals surface area contributed by atoms with Gasteiger partial charge in [0, 0.05) is 0 Å². The maximum Gasteiger partial charge on any atom is 0.326 e. The molecule has 0 fully saturated rings. The van der Waals surface area contributed by atoms with E-state index >= 15 is 0 Å². The second-order valence-electron chi connectivity index (χ2n) is 5.93. The van der Waals surface area contributed by atoms with E-state index in [1.165, 1.54) is 14.2 Å². The van der Waals surface area contributed by atoms with E-state index in [-0.39, 0.29) is 5.91 Å². The molecule has 6 nitrogen and oxygen atoms in total. The Bertz CT molecular complexity index is 609. The molecule has 0 aliphatic rings. The summed E-state index contributed by atoms with van der Waals surface area (Å²) in [5.74, 6) is -0.358. The van der Waals surface area contributed by atoms with Gasteiger partial charge in [0.2, 0.25) is 5.91 Å². The quantitative estimate of drug-likeness (QED) is 0.677. The van der Waals surface area contributed by atoms with Crippen molar-refractivity contribution in [2.24, 2.45) is 0 Å². The molecule has 1 aromatic carbocycles. The number of methoxy groups -OCH3 is 2. The number of benzene rings is 1. The normalized spacial score (nSPS) is 12.2. The van der Waals surface area contributed by atoms with E-state index in [1.807, 2.05) is 0 Å². The Morgan fingerprint density at radius 1 is 1.29 bits per heavy atom. The fourth-order valence-corrected chi connectivity index (χ4v) is 2.24. The van der Waals surface area contributed by atoms with Crippen LogP contribution in [0.5, 0.6) is 11.5 Å². The highest BCUT2D eigenvalue weighted by Crippen LogP contribution is 2.33. The summed E-state index contributed by atoms with van der Waals surface area (Å²) in [6, 6.07) is 4.25. The zero-order valence-electron chi connectivity index (χ0n) is 14.6. The summed E-state index contributed by atoms with van der Waals surface area (Å²) in [5.41, 5.74) is -0.230. The van der Waals surface area contributed by atoms with E-state index in [1.54, 1.807) is 38.1 Å². The zero-order valence-corrected chi connectivity index (χ0v) is 14.6. The van der Waals surface area contributed by atoms with Crippen LogP contribution in [0.2, 0.25) is 0 Å². The van der Waals surface area contributed by atoms with Crippen molar-refractivity contribution in [1.82, 2.24) is 5.32 Å². The van der Waals surface area contributed by atoms with Crippen LogP contribution in [0.15, 0.2) is 30.9 Å². The van der Waals surface area contributed by atoms with Gasteiger partial charge in [-0.05, 0) is 44.4 Å². The van der Waals surface area contributed by atoms with Crippen LogP contribution in [-0.4, -0.2) is 37.2 Å². The zero-order chi connectivity index (χ0) is 18.3. The van der Waals surface area contributed by atoms with Gasteiger partial charge in [-0.25, -0.2) is 4.79 Å². The topological polar surface area (TPSA) is 84.9 Å². The third-order valence-corrected chi connectivity index (χ3v) is 3.94. The predicted molar refractivity (Wildman–Crippen MR) is 91.6 cm³/mol. The molecule has 132 valence electrons. The number of hydrogen-bond donors (Lipinski definition) is 2. The van der Waals surface area contributed by atoms with Gasteiger partial charge in [0.05, 0.1) is 19.6 Å². The largest absolute Gasteiger partial charge is 0.493 e. The predicted octanol–water partition coefficient (Wildman–Crippen LogP) is 2.52. The first kappa shape index (κ1) is 19.5. The van der Waals surface area contributed by atoms with E-state index < -0.39 is 17.4 Å². The molecule has 1 amide bonds. The number of carbonyl (C=O) groups is 2. The highest BCUT2D eigenvalue weighted by atomic mass is 16.5. The number of aliphatic carboxylic acids is 1. The van der Waals surface area contributed by atoms with Gasteiger partial charge >= 0.3 is 5.97 Å². The number of nitrogens with one attached hydrogen (secondary N) is 1. The molecule has 0 saturated carbocycles. The molecule has 1 atom stereocenters. The standard InChI is InChI=1S/C18H25NO5/c1-6-7-8-13(16(20)21)19-17(22)18(2,3)12-9-10-14(23-4)15(11-12)24-5/h6,9-11,13H,1,7-8H2,2-5H3,(H,19,22)(H,20,21). The van der Waals surface area contributed by atoms with Crippen molar-refractivity contribution in [1.29, 1.82) is 0 Å². The molecule has 0 aliphatic heterocycles. The van der Waals surface area contributed by atoms with Gasteiger partial charge in [-0.1, -0.05) is 12.1 Å². The van der Waals surface area contributed by atoms with E-state index in [9.17, 15) is 14.7 Å². The lowest BCUT2D eigenvalue weighted by molar-refractivity contribution is -0.142. The summed E-state index contributed by atoms with van der Waals surface area (Å²) >= 11 is 0. The van der Waals surface area contributed by atoms with Crippen molar-refractivity contribution in [3.8, 4) is 11.5 Å². The van der Waals surface area contributed by atoms with Crippen molar-refractivity contribution in [3.05, 3.63) is 36.4 Å². The lowest BCUT2D eigenvalue weighted by Gasteiger charge is -2.27. The van der Waals surface area contributed by atoms with E-state index in [0.29, 0.717) is 29.9 Å². The molecule has 0 aromatic heterocycles. The number of allylic oxidation sites excluding steroid dienone is 1. The minimum absolute atomic E-state index is 0.298. The molecule has 0 heterocycles. The Labute approximate surface area is 142 Å². The number of carboxylic acids is 1. The third-order valence-electron chi connectivity index (χ3n) is 3.94. The van der Waals surface area contributed by atoms with Crippen molar-refractivity contribution >= 4 is 11.9 Å². The molecule has 2 N–H and O–H groups in total. The summed E-state index contributed by atoms with van der Waals surface area (Å²) in [5, 5.41) is 11.8. The number of hydrogen-bond acceptors (Lipinski definition) is 4. The third kappa shape index (κ3) is 4.50. The van der Waals surface area contributed by atoms with Crippen LogP contribution in [-0.2, 0) is 15.0 Å². The van der Waals surface area contributed by atoms with Gasteiger partial charge in [0.25, 0.3) is 0 Å². The molecule has 6 heteroatoms. The number of amides is 1. The first-order valence-corrected chi connectivity index (χ1v) is 7.65. The molecule has 0 aliphatic carbocycles. The second-order valence-corrected chi connectivity index (χ2v) is 5.93. The average Bonchev–Trinajstić information content (AvgIpc) is 2.57. The molecular weight excluding hydrogens is 310 g/mol. The van der Waals surface area contributed by atoms with Gasteiger partial charge in [-0.2, -0.15) is 0 Å². The van der Waals surface area contributed by atoms with Crippen LogP contribution in [0.1, 0.15) is 32.3 Å². The van der Waals surface area contributed by atoms with Crippen LogP contribution < -0.4 is 14.8 Å². The highest BCUT2D eigenvalue weighted by Gasteiger charge is 2.33. The van der Waals surface area contributed by atoms with Crippen molar-refractivity contribution < 1.29 is 24.2 Å². The molecule has 1 aromatic rings. The summed E-state index contributed by atoms with van der Waals surface area (Å²) in [6.45, 7) is 7.04. The van der Waals surface area contributed by atoms with Crippen LogP contribution in [0.3, 0.4) is 0 Å². The van der Waals surface area contributed by atoms with E-state index in [4.69, 9.17) is 9.47 Å². The lowest BCUT2D eigenvalue weighted by atomic mass is 9.83. The first-order valence-electron chi connectivity index (χ1n) is 7.65. The number of ether oxygens (including phenoxy) is 2. The minimum atomic E-state index is -1.06. The second kappa shape index (κ2) is 8.38. The van der Waals surface area contributed by atoms with Gasteiger partial charge in [-0.3, -0.25) is 4.79 Å². The molecule has 0 radical (unpaired) electrons. The Morgan fingerprint density at radius 2 is 1.92 bits per heavy atom. The fraction of sp³-hybridized carbons (Fsp3) is 0.444. The van der Waals surface area contributed by atoms with Gasteiger partial charge in [0.1, 0.15) is 6.04 Å². The number of carbonyl (C=O) groups excluding carboxylic acids is 1. The Kier molecular flexibility index (Phi) is 6.82. The molecule has 1 rings (SSSR count). The van der Waals surface area contributed by atoms with Crippen LogP contribution >= 0.6 is 0 Å². The van der Waals surface area contributed by atoms with Gasteiger partial charge in [-0.15, -0.1) is 6.58 Å². The number of rotatable bonds is 9. The smallest absolute Gasteiger partial charge is 0.326 e. The van der Waals surface area contributed by atoms with Crippen LogP contribution in [0, 0.1) is 0 Å². The minimum Gasteiger partial charge on any atom is -0.493 e. The monoisotopic (exact) mass is 335 g/mol. The summed E-state index contributed by atoms with van der Waals surface area (Å²) < 4.78 is 10.5. The summed E-state index contributed by atoms with van der Waals surface area (Å²) in [6.07, 6.45) is 2.43.